The topological polar surface area (TPSA) is 350 Å². The Labute approximate surface area is 859 Å². The van der Waals surface area contributed by atoms with Gasteiger partial charge in [-0.05, 0) is 232 Å². The fraction of sp³-hybridized carbons (Fsp3) is 0.351. The summed E-state index contributed by atoms with van der Waals surface area (Å²) in [7, 11) is 0. The van der Waals surface area contributed by atoms with Crippen LogP contribution in [0.25, 0.3) is 0 Å². The molecule has 0 aromatic heterocycles. The smallest absolute Gasteiger partial charge is 0.119 e. The minimum absolute atomic E-state index is 0.0120. The summed E-state index contributed by atoms with van der Waals surface area (Å²) in [5, 5.41) is 153. The number of alkyl halides is 1. The number of nitrogens with zero attached hydrogens (tertiary/aromatic N) is 8. The number of rotatable bonds is 52. The van der Waals surface area contributed by atoms with E-state index in [9.17, 15) is 81.7 Å². The average Bonchev–Trinajstić information content (AvgIpc) is 0.752. The molecule has 0 aliphatic heterocycles. The Balaban J connectivity index is 0.000000210. The second kappa shape index (κ2) is 60.7. The van der Waals surface area contributed by atoms with E-state index >= 15 is 0 Å². The van der Waals surface area contributed by atoms with E-state index in [1.165, 1.54) is 11.1 Å². The number of aliphatic hydroxyl groups excluding tert-OH is 16. The van der Waals surface area contributed by atoms with Gasteiger partial charge in [-0.1, -0.05) is 197 Å². The molecule has 0 bridgehead atoms. The lowest BCUT2D eigenvalue weighted by atomic mass is 9.81. The molecule has 0 saturated carbocycles. The molecule has 12 aromatic rings. The van der Waals surface area contributed by atoms with Crippen molar-refractivity contribution in [1.82, 2.24) is 0 Å². The van der Waals surface area contributed by atoms with E-state index in [0.717, 1.165) is 118 Å². The lowest BCUT2D eigenvalue weighted by molar-refractivity contribution is 0.280. The predicted octanol–water partition coefficient (Wildman–Crippen LogP) is 14.3. The van der Waals surface area contributed by atoms with Crippen LogP contribution in [0.15, 0.2) is 267 Å². The highest BCUT2D eigenvalue weighted by Crippen LogP contribution is 2.47. The third-order valence-electron chi connectivity index (χ3n) is 24.6. The maximum atomic E-state index is 9.45. The van der Waals surface area contributed by atoms with E-state index in [2.05, 4.69) is 106 Å². The first-order valence-corrected chi connectivity index (χ1v) is 49.7. The number of hydrogen-bond acceptors (Lipinski definition) is 24. The first-order valence-electron chi connectivity index (χ1n) is 47.4. The Bertz CT molecular complexity index is 5130. The van der Waals surface area contributed by atoms with Crippen molar-refractivity contribution in [3.05, 3.63) is 375 Å². The summed E-state index contributed by atoms with van der Waals surface area (Å²) >= 11 is 39.6. The summed E-state index contributed by atoms with van der Waals surface area (Å²) in [6.45, 7) is 13.1. The number of halogens is 6. The summed E-state index contributed by atoms with van der Waals surface area (Å²) in [6.07, 6.45) is 0. The summed E-state index contributed by atoms with van der Waals surface area (Å²) in [6, 6.07) is 87.6. The minimum atomic E-state index is -1.00. The van der Waals surface area contributed by atoms with Gasteiger partial charge in [-0.3, -0.25) is 0 Å². The largest absolute Gasteiger partial charge is 0.395 e. The molecular formula is C111H136Cl6N8O16. The third-order valence-corrected chi connectivity index (χ3v) is 26.7. The molecule has 12 aromatic carbocycles. The van der Waals surface area contributed by atoms with Crippen molar-refractivity contribution in [2.75, 3.05) is 250 Å². The molecule has 141 heavy (non-hydrogen) atoms. The SMILES string of the molecule is Cc1cc(N(CCO)CCO)ccc1C(c1ccc(Cl)cc1)c1ccc(N(CCO)CCO)cc1C.Cc1ccc(C(c2ccc(N(CCO)CCO)cc2)c2ccc(N(CCO)CCO)cc2)cc1.OCCN(CCO)c1ccc(C(Cl)(c2ccc(Cl)cc2)c2ccc(N(CCO)CCO)cc2)cc1.OCCN(CCO)c1ccc(C(c2ccc(Cl)cc2)c2ccc(N(CCO)CCO)cc2Cl)c(Cl)c1. The van der Waals surface area contributed by atoms with Crippen LogP contribution in [0, 0.1) is 20.8 Å². The molecule has 24 nitrogen and oxygen atoms in total. The minimum Gasteiger partial charge on any atom is -0.395 e. The van der Waals surface area contributed by atoms with Gasteiger partial charge in [-0.25, -0.2) is 0 Å². The Kier molecular flexibility index (Phi) is 49.4. The van der Waals surface area contributed by atoms with Gasteiger partial charge in [0.1, 0.15) is 4.87 Å². The van der Waals surface area contributed by atoms with Crippen LogP contribution in [0.1, 0.15) is 101 Å². The zero-order chi connectivity index (χ0) is 102. The van der Waals surface area contributed by atoms with Crippen LogP contribution in [-0.2, 0) is 4.87 Å². The Hall–Kier alpha value is -9.86. The quantitative estimate of drug-likeness (QED) is 0.0124. The highest BCUT2D eigenvalue weighted by molar-refractivity contribution is 6.33. The van der Waals surface area contributed by atoms with Gasteiger partial charge in [0.15, 0.2) is 0 Å². The van der Waals surface area contributed by atoms with Crippen molar-refractivity contribution in [3.63, 3.8) is 0 Å². The number of hydrogen-bond donors (Lipinski definition) is 16. The van der Waals surface area contributed by atoms with Crippen molar-refractivity contribution in [2.45, 2.75) is 43.4 Å². The van der Waals surface area contributed by atoms with Crippen molar-refractivity contribution in [1.29, 1.82) is 0 Å². The van der Waals surface area contributed by atoms with Crippen LogP contribution in [-0.4, -0.2) is 292 Å². The van der Waals surface area contributed by atoms with E-state index in [1.54, 1.807) is 0 Å². The average molecular weight is 2050 g/mol. The Morgan fingerprint density at radius 2 is 0.369 bits per heavy atom. The molecule has 16 N–H and O–H groups in total. The summed E-state index contributed by atoms with van der Waals surface area (Å²) in [4.78, 5) is 14.4. The Morgan fingerprint density at radius 1 is 0.199 bits per heavy atom. The van der Waals surface area contributed by atoms with Crippen LogP contribution < -0.4 is 39.2 Å². The first kappa shape index (κ1) is 115. The zero-order valence-electron chi connectivity index (χ0n) is 80.3. The van der Waals surface area contributed by atoms with Gasteiger partial charge in [0, 0.05) is 193 Å². The molecule has 0 radical (unpaired) electrons. The van der Waals surface area contributed by atoms with E-state index in [-0.39, 0.29) is 123 Å². The second-order valence-corrected chi connectivity index (χ2v) is 36.4. The number of benzene rings is 12. The second-order valence-electron chi connectivity index (χ2n) is 33.7. The van der Waals surface area contributed by atoms with Crippen molar-refractivity contribution in [3.8, 4) is 0 Å². The zero-order valence-corrected chi connectivity index (χ0v) is 84.8. The van der Waals surface area contributed by atoms with Gasteiger partial charge in [-0.2, -0.15) is 0 Å². The third kappa shape index (κ3) is 32.6. The standard InChI is InChI=1S/C29H37ClN2O4.C28H36N2O4.C27H31Cl3N2O4.C27H32Cl2N2O4/c1-21-19-25(31(11-15-33)12-16-34)7-9-27(21)29(23-3-5-24(30)6-4-23)28-10-8-26(20-22(28)2)32(13-17-35)14-18-36;1-22-2-4-23(5-3-22)28(24-6-10-26(11-7-24)29(14-18-31)15-19-32)25-8-12-27(13-9-25)30(16-20-33)17-21-34;28-20-3-1-19(2-4-20)27(23-7-5-21(17-25(23)29)31(9-13-33)10-14-34)24-8-6-22(18-26(24)30)32(11-15-35)12-16-36;28-24-7-1-21(2-8-24)27(29,22-3-9-25(10-4-22)30(13-17-32)14-18-33)23-5-11-26(12-6-23)31(15-19-34)16-20-35/h3-10,19-20,29,33-36H,11-18H2,1-2H3;2-13,28,31-34H,14-21H2,1H3;1-8,17-18,27,33-36H,9-16H2;1-12,32-35H,13-20H2. The van der Waals surface area contributed by atoms with Gasteiger partial charge in [0.05, 0.1) is 106 Å². The molecule has 0 fully saturated rings. The maximum Gasteiger partial charge on any atom is 0.119 e. The van der Waals surface area contributed by atoms with E-state index in [0.29, 0.717) is 130 Å². The fourth-order valence-corrected chi connectivity index (χ4v) is 18.9. The van der Waals surface area contributed by atoms with Crippen LogP contribution in [0.4, 0.5) is 45.5 Å². The highest BCUT2D eigenvalue weighted by atomic mass is 35.5. The molecule has 0 atom stereocenters. The summed E-state index contributed by atoms with van der Waals surface area (Å²) in [5.41, 5.74) is 22.8. The van der Waals surface area contributed by atoms with Gasteiger partial charge in [0.2, 0.25) is 0 Å². The monoisotopic (exact) mass is 2050 g/mol. The van der Waals surface area contributed by atoms with Crippen molar-refractivity contribution < 1.29 is 81.7 Å². The highest BCUT2D eigenvalue weighted by Gasteiger charge is 2.35. The number of aliphatic hydroxyl groups is 16. The molecule has 0 spiro atoms. The van der Waals surface area contributed by atoms with Crippen molar-refractivity contribution in [2.24, 2.45) is 0 Å². The Morgan fingerprint density at radius 3 is 0.596 bits per heavy atom. The molecular weight excluding hydrogens is 1910 g/mol. The molecule has 0 unspecified atom stereocenters. The summed E-state index contributed by atoms with van der Waals surface area (Å²) in [5.74, 6) is -0.283. The van der Waals surface area contributed by atoms with Gasteiger partial charge < -0.3 is 121 Å². The van der Waals surface area contributed by atoms with Gasteiger partial charge in [0.25, 0.3) is 0 Å². The first-order chi connectivity index (χ1) is 68.4. The normalized spacial score (nSPS) is 11.3. The number of anilines is 8. The molecule has 12 rings (SSSR count). The lowest BCUT2D eigenvalue weighted by Crippen LogP contribution is -2.30. The molecule has 0 heterocycles. The number of aryl methyl sites for hydroxylation is 3. The molecule has 0 amide bonds. The van der Waals surface area contributed by atoms with Crippen LogP contribution in [0.5, 0.6) is 0 Å². The molecule has 0 aliphatic carbocycles. The van der Waals surface area contributed by atoms with Gasteiger partial charge >= 0.3 is 0 Å². The predicted molar refractivity (Wildman–Crippen MR) is 576 cm³/mol. The van der Waals surface area contributed by atoms with E-state index < -0.39 is 4.87 Å². The fourth-order valence-electron chi connectivity index (χ4n) is 17.6. The van der Waals surface area contributed by atoms with Crippen LogP contribution in [0.2, 0.25) is 25.1 Å². The lowest BCUT2D eigenvalue weighted by Gasteiger charge is -2.31. The van der Waals surface area contributed by atoms with E-state index in [4.69, 9.17) is 69.6 Å². The van der Waals surface area contributed by atoms with Gasteiger partial charge in [-0.15, -0.1) is 11.6 Å². The molecule has 0 aliphatic rings. The van der Waals surface area contributed by atoms with E-state index in [1.807, 2.05) is 221 Å². The molecule has 0 saturated heterocycles. The molecule has 30 heteroatoms. The van der Waals surface area contributed by atoms with Crippen LogP contribution >= 0.6 is 69.6 Å². The molecule has 758 valence electrons. The maximum absolute atomic E-state index is 9.45. The van der Waals surface area contributed by atoms with Crippen molar-refractivity contribution >= 4 is 115 Å². The summed E-state index contributed by atoms with van der Waals surface area (Å²) < 4.78 is 0. The van der Waals surface area contributed by atoms with Crippen LogP contribution in [0.3, 0.4) is 0 Å².